The van der Waals surface area contributed by atoms with E-state index in [4.69, 9.17) is 4.74 Å². The first-order chi connectivity index (χ1) is 9.62. The molecule has 2 rings (SSSR count). The van der Waals surface area contributed by atoms with Crippen LogP contribution in [0.3, 0.4) is 0 Å². The third kappa shape index (κ3) is 4.69. The molecule has 1 heterocycles. The van der Waals surface area contributed by atoms with Crippen molar-refractivity contribution in [3.63, 3.8) is 0 Å². The van der Waals surface area contributed by atoms with E-state index in [1.807, 2.05) is 6.92 Å². The molecule has 2 fully saturated rings. The number of aliphatic hydroxyl groups is 1. The lowest BCUT2D eigenvalue weighted by atomic mass is 9.88. The van der Waals surface area contributed by atoms with E-state index >= 15 is 0 Å². The summed E-state index contributed by atoms with van der Waals surface area (Å²) < 4.78 is 5.07. The van der Waals surface area contributed by atoms with Crippen molar-refractivity contribution in [1.82, 2.24) is 10.6 Å². The van der Waals surface area contributed by atoms with Gasteiger partial charge in [-0.3, -0.25) is 0 Å². The summed E-state index contributed by atoms with van der Waals surface area (Å²) in [6.07, 6.45) is 8.61. The number of hydrogen-bond donors (Lipinski definition) is 3. The summed E-state index contributed by atoms with van der Waals surface area (Å²) in [6.45, 7) is 4.37. The van der Waals surface area contributed by atoms with Crippen LogP contribution in [0.2, 0.25) is 0 Å². The van der Waals surface area contributed by atoms with Gasteiger partial charge < -0.3 is 20.5 Å². The number of ether oxygens (including phenoxy) is 1. The van der Waals surface area contributed by atoms with Crippen molar-refractivity contribution in [2.24, 2.45) is 5.92 Å². The van der Waals surface area contributed by atoms with E-state index in [-0.39, 0.29) is 0 Å². The van der Waals surface area contributed by atoms with E-state index < -0.39 is 5.60 Å². The quantitative estimate of drug-likeness (QED) is 0.666. The molecule has 1 saturated heterocycles. The monoisotopic (exact) mass is 284 g/mol. The first-order valence-corrected chi connectivity index (χ1v) is 8.30. The van der Waals surface area contributed by atoms with Crippen LogP contribution in [0.25, 0.3) is 0 Å². The van der Waals surface area contributed by atoms with Crippen molar-refractivity contribution in [2.45, 2.75) is 69.6 Å². The fourth-order valence-electron chi connectivity index (χ4n) is 3.73. The number of piperidine rings is 1. The summed E-state index contributed by atoms with van der Waals surface area (Å²) in [6, 6.07) is 1.26. The summed E-state index contributed by atoms with van der Waals surface area (Å²) in [5.74, 6) is 0.744. The summed E-state index contributed by atoms with van der Waals surface area (Å²) in [4.78, 5) is 0. The molecule has 0 spiro atoms. The van der Waals surface area contributed by atoms with Gasteiger partial charge in [0.05, 0.1) is 5.60 Å². The Morgan fingerprint density at radius 2 is 2.10 bits per heavy atom. The van der Waals surface area contributed by atoms with Crippen LogP contribution in [0, 0.1) is 5.92 Å². The van der Waals surface area contributed by atoms with E-state index in [9.17, 15) is 5.11 Å². The Hall–Kier alpha value is -0.160. The van der Waals surface area contributed by atoms with Gasteiger partial charge in [-0.2, -0.15) is 0 Å². The van der Waals surface area contributed by atoms with Gasteiger partial charge in [0.25, 0.3) is 0 Å². The van der Waals surface area contributed by atoms with Gasteiger partial charge in [-0.1, -0.05) is 12.8 Å². The van der Waals surface area contributed by atoms with Crippen LogP contribution in [0.1, 0.15) is 51.9 Å². The topological polar surface area (TPSA) is 53.5 Å². The molecule has 4 atom stereocenters. The molecule has 1 aliphatic carbocycles. The summed E-state index contributed by atoms with van der Waals surface area (Å²) >= 11 is 0. The van der Waals surface area contributed by atoms with Crippen molar-refractivity contribution in [3.05, 3.63) is 0 Å². The Balaban J connectivity index is 1.78. The zero-order valence-electron chi connectivity index (χ0n) is 13.2. The van der Waals surface area contributed by atoms with Gasteiger partial charge in [0, 0.05) is 38.8 Å². The SMILES string of the molecule is COCCC(C)(O)CNC1CCCC1C1CCCCN1. The predicted molar refractivity (Wildman–Crippen MR) is 81.9 cm³/mol. The zero-order valence-corrected chi connectivity index (χ0v) is 13.2. The second kappa shape index (κ2) is 7.74. The van der Waals surface area contributed by atoms with Crippen molar-refractivity contribution >= 4 is 0 Å². The third-order valence-electron chi connectivity index (χ3n) is 5.02. The lowest BCUT2D eigenvalue weighted by molar-refractivity contribution is 0.0210. The van der Waals surface area contributed by atoms with E-state index in [2.05, 4.69) is 10.6 Å². The minimum Gasteiger partial charge on any atom is -0.389 e. The van der Waals surface area contributed by atoms with Crippen LogP contribution >= 0.6 is 0 Å². The van der Waals surface area contributed by atoms with E-state index in [1.165, 1.54) is 45.1 Å². The van der Waals surface area contributed by atoms with Gasteiger partial charge in [0.2, 0.25) is 0 Å². The second-order valence-electron chi connectivity index (χ2n) is 6.88. The highest BCUT2D eigenvalue weighted by atomic mass is 16.5. The Kier molecular flexibility index (Phi) is 6.27. The molecule has 4 unspecified atom stereocenters. The van der Waals surface area contributed by atoms with E-state index in [0.29, 0.717) is 31.7 Å². The molecular formula is C16H32N2O2. The van der Waals surface area contributed by atoms with Crippen molar-refractivity contribution in [1.29, 1.82) is 0 Å². The van der Waals surface area contributed by atoms with Gasteiger partial charge in [-0.15, -0.1) is 0 Å². The van der Waals surface area contributed by atoms with E-state index in [0.717, 1.165) is 5.92 Å². The molecule has 1 saturated carbocycles. The molecule has 4 heteroatoms. The molecule has 118 valence electrons. The fraction of sp³-hybridized carbons (Fsp3) is 1.00. The minimum atomic E-state index is -0.664. The Bertz CT molecular complexity index is 278. The smallest absolute Gasteiger partial charge is 0.0765 e. The molecule has 0 aromatic rings. The highest BCUT2D eigenvalue weighted by Gasteiger charge is 2.35. The van der Waals surface area contributed by atoms with Crippen LogP contribution in [0.5, 0.6) is 0 Å². The summed E-state index contributed by atoms with van der Waals surface area (Å²) in [7, 11) is 1.69. The molecule has 0 aromatic carbocycles. The van der Waals surface area contributed by atoms with Crippen molar-refractivity contribution in [2.75, 3.05) is 26.8 Å². The van der Waals surface area contributed by atoms with Gasteiger partial charge in [-0.05, 0) is 45.1 Å². The van der Waals surface area contributed by atoms with Crippen molar-refractivity contribution < 1.29 is 9.84 Å². The van der Waals surface area contributed by atoms with Crippen LogP contribution in [-0.4, -0.2) is 49.6 Å². The van der Waals surface area contributed by atoms with Crippen LogP contribution in [0.15, 0.2) is 0 Å². The molecule has 0 bridgehead atoms. The first kappa shape index (κ1) is 16.2. The van der Waals surface area contributed by atoms with Gasteiger partial charge in [-0.25, -0.2) is 0 Å². The van der Waals surface area contributed by atoms with Gasteiger partial charge in [0.15, 0.2) is 0 Å². The maximum absolute atomic E-state index is 10.3. The number of rotatable bonds is 7. The van der Waals surface area contributed by atoms with Crippen LogP contribution in [0.4, 0.5) is 0 Å². The number of methoxy groups -OCH3 is 1. The third-order valence-corrected chi connectivity index (χ3v) is 5.02. The lowest BCUT2D eigenvalue weighted by Crippen LogP contribution is -2.50. The molecule has 0 aromatic heterocycles. The fourth-order valence-corrected chi connectivity index (χ4v) is 3.73. The average molecular weight is 284 g/mol. The summed E-state index contributed by atoms with van der Waals surface area (Å²) in [5, 5.41) is 17.7. The predicted octanol–water partition coefficient (Wildman–Crippen LogP) is 1.67. The number of nitrogens with one attached hydrogen (secondary N) is 2. The molecule has 3 N–H and O–H groups in total. The molecular weight excluding hydrogens is 252 g/mol. The van der Waals surface area contributed by atoms with E-state index in [1.54, 1.807) is 7.11 Å². The Morgan fingerprint density at radius 3 is 2.80 bits per heavy atom. The zero-order chi connectivity index (χ0) is 14.4. The van der Waals surface area contributed by atoms with Gasteiger partial charge in [0.1, 0.15) is 0 Å². The standard InChI is InChI=1S/C16H32N2O2/c1-16(19,9-11-20-2)12-18-15-8-5-6-13(15)14-7-3-4-10-17-14/h13-15,17-19H,3-12H2,1-2H3. The largest absolute Gasteiger partial charge is 0.389 e. The molecule has 4 nitrogen and oxygen atoms in total. The lowest BCUT2D eigenvalue weighted by Gasteiger charge is -2.34. The number of hydrogen-bond acceptors (Lipinski definition) is 4. The summed E-state index contributed by atoms with van der Waals surface area (Å²) in [5.41, 5.74) is -0.664. The second-order valence-corrected chi connectivity index (χ2v) is 6.88. The molecule has 2 aliphatic rings. The van der Waals surface area contributed by atoms with Crippen LogP contribution in [-0.2, 0) is 4.74 Å². The minimum absolute atomic E-state index is 0.569. The first-order valence-electron chi connectivity index (χ1n) is 8.30. The Labute approximate surface area is 123 Å². The maximum atomic E-state index is 10.3. The highest BCUT2D eigenvalue weighted by molar-refractivity contribution is 4.93. The molecule has 0 radical (unpaired) electrons. The normalized spacial score (nSPS) is 34.0. The van der Waals surface area contributed by atoms with Gasteiger partial charge >= 0.3 is 0 Å². The molecule has 20 heavy (non-hydrogen) atoms. The molecule has 0 amide bonds. The Morgan fingerprint density at radius 1 is 1.25 bits per heavy atom. The van der Waals surface area contributed by atoms with Crippen LogP contribution < -0.4 is 10.6 Å². The highest BCUT2D eigenvalue weighted by Crippen LogP contribution is 2.32. The average Bonchev–Trinajstić information content (AvgIpc) is 2.93. The maximum Gasteiger partial charge on any atom is 0.0765 e. The molecule has 1 aliphatic heterocycles. The van der Waals surface area contributed by atoms with Crippen molar-refractivity contribution in [3.8, 4) is 0 Å².